The van der Waals surface area contributed by atoms with Crippen LogP contribution in [-0.4, -0.2) is 55.0 Å². The molecule has 1 N–H and O–H groups in total. The Morgan fingerprint density at radius 3 is 2.41 bits per heavy atom. The maximum Gasteiger partial charge on any atom is 0.254 e. The third kappa shape index (κ3) is 4.55. The highest BCUT2D eigenvalue weighted by molar-refractivity contribution is 5.95. The van der Waals surface area contributed by atoms with Gasteiger partial charge in [-0.25, -0.2) is 0 Å². The van der Waals surface area contributed by atoms with E-state index in [2.05, 4.69) is 30.1 Å². The number of nitrogens with one attached hydrogen (secondary N) is 1. The number of benzene rings is 1. The van der Waals surface area contributed by atoms with Gasteiger partial charge in [-0.1, -0.05) is 32.0 Å². The molecular formula is C18H29N3O. The van der Waals surface area contributed by atoms with Crippen molar-refractivity contribution in [3.63, 3.8) is 0 Å². The number of amides is 1. The Kier molecular flexibility index (Phi) is 6.87. The number of hydrogen-bond donors (Lipinski definition) is 1. The van der Waals surface area contributed by atoms with Gasteiger partial charge in [0.25, 0.3) is 5.91 Å². The average molecular weight is 303 g/mol. The predicted octanol–water partition coefficient (Wildman–Crippen LogP) is 2.35. The van der Waals surface area contributed by atoms with Crippen molar-refractivity contribution in [1.29, 1.82) is 0 Å². The van der Waals surface area contributed by atoms with Crippen LogP contribution in [0.4, 0.5) is 0 Å². The number of carbonyl (C=O) groups excluding carboxylic acids is 1. The van der Waals surface area contributed by atoms with Crippen molar-refractivity contribution in [3.8, 4) is 0 Å². The lowest BCUT2D eigenvalue weighted by Gasteiger charge is -2.29. The van der Waals surface area contributed by atoms with Gasteiger partial charge in [-0.05, 0) is 37.6 Å². The molecule has 0 aliphatic carbocycles. The summed E-state index contributed by atoms with van der Waals surface area (Å²) in [7, 11) is 0. The van der Waals surface area contributed by atoms with Crippen molar-refractivity contribution in [2.24, 2.45) is 0 Å². The molecule has 122 valence electrons. The summed E-state index contributed by atoms with van der Waals surface area (Å²) >= 11 is 0. The second-order valence-corrected chi connectivity index (χ2v) is 5.98. The van der Waals surface area contributed by atoms with E-state index >= 15 is 0 Å². The molecule has 1 saturated heterocycles. The minimum atomic E-state index is 0.185. The Labute approximate surface area is 134 Å². The molecule has 1 aromatic rings. The number of carbonyl (C=O) groups is 1. The molecule has 22 heavy (non-hydrogen) atoms. The third-order valence-corrected chi connectivity index (χ3v) is 4.13. The van der Waals surface area contributed by atoms with Crippen LogP contribution in [0.15, 0.2) is 24.3 Å². The van der Waals surface area contributed by atoms with Crippen molar-refractivity contribution in [2.45, 2.75) is 33.2 Å². The van der Waals surface area contributed by atoms with Gasteiger partial charge >= 0.3 is 0 Å². The summed E-state index contributed by atoms with van der Waals surface area (Å²) in [6.45, 7) is 10.9. The van der Waals surface area contributed by atoms with Gasteiger partial charge in [0.2, 0.25) is 0 Å². The van der Waals surface area contributed by atoms with Gasteiger partial charge in [-0.15, -0.1) is 0 Å². The molecule has 4 nitrogen and oxygen atoms in total. The Balaban J connectivity index is 2.12. The Bertz CT molecular complexity index is 463. The van der Waals surface area contributed by atoms with Gasteiger partial charge in [-0.3, -0.25) is 9.69 Å². The SMILES string of the molecule is CCCN(CCC)Cc1ccccc1C(=O)N1CCNCC1. The first-order valence-electron chi connectivity index (χ1n) is 8.56. The van der Waals surface area contributed by atoms with E-state index in [1.807, 2.05) is 23.1 Å². The molecular weight excluding hydrogens is 274 g/mol. The Morgan fingerprint density at radius 1 is 1.14 bits per heavy atom. The summed E-state index contributed by atoms with van der Waals surface area (Å²) < 4.78 is 0. The molecule has 0 unspecified atom stereocenters. The van der Waals surface area contributed by atoms with Crippen LogP contribution >= 0.6 is 0 Å². The Morgan fingerprint density at radius 2 is 1.77 bits per heavy atom. The van der Waals surface area contributed by atoms with E-state index in [0.717, 1.165) is 69.8 Å². The van der Waals surface area contributed by atoms with Gasteiger partial charge < -0.3 is 10.2 Å². The lowest BCUT2D eigenvalue weighted by atomic mass is 10.0. The highest BCUT2D eigenvalue weighted by Gasteiger charge is 2.20. The Hall–Kier alpha value is -1.39. The summed E-state index contributed by atoms with van der Waals surface area (Å²) in [6.07, 6.45) is 2.29. The molecule has 1 aliphatic heterocycles. The van der Waals surface area contributed by atoms with E-state index in [4.69, 9.17) is 0 Å². The zero-order valence-electron chi connectivity index (χ0n) is 14.0. The number of piperazine rings is 1. The molecule has 4 heteroatoms. The molecule has 1 aromatic carbocycles. The van der Waals surface area contributed by atoms with Crippen molar-refractivity contribution < 1.29 is 4.79 Å². The fourth-order valence-electron chi connectivity index (χ4n) is 3.05. The molecule has 0 aromatic heterocycles. The maximum atomic E-state index is 12.8. The quantitative estimate of drug-likeness (QED) is 0.840. The highest BCUT2D eigenvalue weighted by Crippen LogP contribution is 2.15. The van der Waals surface area contributed by atoms with Gasteiger partial charge in [0.15, 0.2) is 0 Å². The summed E-state index contributed by atoms with van der Waals surface area (Å²) in [5.41, 5.74) is 2.04. The van der Waals surface area contributed by atoms with Crippen molar-refractivity contribution in [1.82, 2.24) is 15.1 Å². The summed E-state index contributed by atoms with van der Waals surface area (Å²) in [6, 6.07) is 8.10. The summed E-state index contributed by atoms with van der Waals surface area (Å²) in [5, 5.41) is 3.30. The van der Waals surface area contributed by atoms with E-state index in [1.165, 1.54) is 0 Å². The highest BCUT2D eigenvalue weighted by atomic mass is 16.2. The van der Waals surface area contributed by atoms with Crippen LogP contribution in [0.5, 0.6) is 0 Å². The van der Waals surface area contributed by atoms with E-state index in [9.17, 15) is 4.79 Å². The fourth-order valence-corrected chi connectivity index (χ4v) is 3.05. The molecule has 0 saturated carbocycles. The largest absolute Gasteiger partial charge is 0.336 e. The average Bonchev–Trinajstić information content (AvgIpc) is 2.56. The van der Waals surface area contributed by atoms with Crippen LogP contribution in [0.3, 0.4) is 0 Å². The summed E-state index contributed by atoms with van der Waals surface area (Å²) in [4.78, 5) is 17.2. The van der Waals surface area contributed by atoms with Gasteiger partial charge in [0.05, 0.1) is 0 Å². The maximum absolute atomic E-state index is 12.8. The second-order valence-electron chi connectivity index (χ2n) is 5.98. The van der Waals surface area contributed by atoms with E-state index < -0.39 is 0 Å². The molecule has 1 amide bonds. The third-order valence-electron chi connectivity index (χ3n) is 4.13. The van der Waals surface area contributed by atoms with Crippen molar-refractivity contribution in [3.05, 3.63) is 35.4 Å². The zero-order valence-corrected chi connectivity index (χ0v) is 14.0. The first-order chi connectivity index (χ1) is 10.8. The summed E-state index contributed by atoms with van der Waals surface area (Å²) in [5.74, 6) is 0.185. The minimum Gasteiger partial charge on any atom is -0.336 e. The molecule has 1 aliphatic rings. The molecule has 0 atom stereocenters. The molecule has 0 bridgehead atoms. The minimum absolute atomic E-state index is 0.185. The number of rotatable bonds is 7. The smallest absolute Gasteiger partial charge is 0.254 e. The first kappa shape index (κ1) is 17.0. The fraction of sp³-hybridized carbons (Fsp3) is 0.611. The molecule has 2 rings (SSSR count). The van der Waals surface area contributed by atoms with Gasteiger partial charge in [0, 0.05) is 38.3 Å². The van der Waals surface area contributed by atoms with E-state index in [0.29, 0.717) is 0 Å². The second kappa shape index (κ2) is 8.91. The lowest BCUT2D eigenvalue weighted by Crippen LogP contribution is -2.46. The first-order valence-corrected chi connectivity index (χ1v) is 8.56. The molecule has 1 fully saturated rings. The monoisotopic (exact) mass is 303 g/mol. The molecule has 1 heterocycles. The van der Waals surface area contributed by atoms with Crippen LogP contribution in [0.1, 0.15) is 42.6 Å². The van der Waals surface area contributed by atoms with Crippen molar-refractivity contribution >= 4 is 5.91 Å². The van der Waals surface area contributed by atoms with Gasteiger partial charge in [0.1, 0.15) is 0 Å². The molecule has 0 spiro atoms. The number of hydrogen-bond acceptors (Lipinski definition) is 3. The molecule has 0 radical (unpaired) electrons. The van der Waals surface area contributed by atoms with Crippen LogP contribution in [0, 0.1) is 0 Å². The van der Waals surface area contributed by atoms with E-state index in [1.54, 1.807) is 0 Å². The van der Waals surface area contributed by atoms with Crippen LogP contribution in [0.25, 0.3) is 0 Å². The van der Waals surface area contributed by atoms with Gasteiger partial charge in [-0.2, -0.15) is 0 Å². The normalized spacial score (nSPS) is 15.3. The van der Waals surface area contributed by atoms with E-state index in [-0.39, 0.29) is 5.91 Å². The zero-order chi connectivity index (χ0) is 15.8. The predicted molar refractivity (Wildman–Crippen MR) is 91.1 cm³/mol. The topological polar surface area (TPSA) is 35.6 Å². The standard InChI is InChI=1S/C18H29N3O/c1-3-11-20(12-4-2)15-16-7-5-6-8-17(16)18(22)21-13-9-19-10-14-21/h5-8,19H,3-4,9-15H2,1-2H3. The van der Waals surface area contributed by atoms with Crippen LogP contribution in [0.2, 0.25) is 0 Å². The van der Waals surface area contributed by atoms with Crippen molar-refractivity contribution in [2.75, 3.05) is 39.3 Å². The van der Waals surface area contributed by atoms with Crippen LogP contribution < -0.4 is 5.32 Å². The van der Waals surface area contributed by atoms with Crippen LogP contribution in [-0.2, 0) is 6.54 Å². The lowest BCUT2D eigenvalue weighted by molar-refractivity contribution is 0.0733. The number of nitrogens with zero attached hydrogens (tertiary/aromatic N) is 2.